The molecule has 8 nitrogen and oxygen atoms in total. The molecule has 1 heterocycles. The molecule has 1 atom stereocenters. The van der Waals surface area contributed by atoms with Crippen LogP contribution < -0.4 is 15.4 Å². The topological polar surface area (TPSA) is 97.0 Å². The van der Waals surface area contributed by atoms with Crippen LogP contribution in [0.5, 0.6) is 5.75 Å². The van der Waals surface area contributed by atoms with Crippen LogP contribution in [0.4, 0.5) is 9.18 Å². The van der Waals surface area contributed by atoms with Gasteiger partial charge in [0.2, 0.25) is 5.91 Å². The van der Waals surface area contributed by atoms with Gasteiger partial charge in [-0.2, -0.15) is 0 Å². The number of nitrogens with zero attached hydrogens (tertiary/aromatic N) is 1. The van der Waals surface area contributed by atoms with Gasteiger partial charge >= 0.3 is 6.09 Å². The van der Waals surface area contributed by atoms with Gasteiger partial charge in [-0.15, -0.1) is 0 Å². The van der Waals surface area contributed by atoms with E-state index >= 15 is 0 Å². The van der Waals surface area contributed by atoms with Crippen LogP contribution in [0.25, 0.3) is 0 Å². The molecule has 1 aromatic carbocycles. The molecule has 0 aliphatic carbocycles. The lowest BCUT2D eigenvalue weighted by Crippen LogP contribution is -2.46. The van der Waals surface area contributed by atoms with Gasteiger partial charge in [-0.25, -0.2) is 9.18 Å². The molecule has 30 heavy (non-hydrogen) atoms. The number of alkyl carbamates (subject to hydrolysis) is 1. The Morgan fingerprint density at radius 2 is 1.90 bits per heavy atom. The second kappa shape index (κ2) is 10.3. The minimum absolute atomic E-state index is 0.139. The maximum Gasteiger partial charge on any atom is 0.407 e. The van der Waals surface area contributed by atoms with Gasteiger partial charge < -0.3 is 25.0 Å². The zero-order valence-corrected chi connectivity index (χ0v) is 17.9. The highest BCUT2D eigenvalue weighted by Gasteiger charge is 2.30. The van der Waals surface area contributed by atoms with E-state index in [1.165, 1.54) is 19.2 Å². The molecule has 0 spiro atoms. The van der Waals surface area contributed by atoms with E-state index in [0.717, 1.165) is 6.07 Å². The summed E-state index contributed by atoms with van der Waals surface area (Å²) in [5, 5.41) is 5.34. The Morgan fingerprint density at radius 3 is 2.57 bits per heavy atom. The van der Waals surface area contributed by atoms with Crippen molar-refractivity contribution in [3.8, 4) is 5.75 Å². The molecule has 9 heteroatoms. The Balaban J connectivity index is 1.85. The van der Waals surface area contributed by atoms with Crippen molar-refractivity contribution in [2.24, 2.45) is 5.92 Å². The molecule has 1 fully saturated rings. The van der Waals surface area contributed by atoms with Crippen LogP contribution >= 0.6 is 0 Å². The Labute approximate surface area is 176 Å². The van der Waals surface area contributed by atoms with Crippen molar-refractivity contribution in [1.29, 1.82) is 0 Å². The highest BCUT2D eigenvalue weighted by atomic mass is 19.1. The first-order chi connectivity index (χ1) is 14.1. The quantitative estimate of drug-likeness (QED) is 0.685. The molecule has 1 saturated heterocycles. The minimum atomic E-state index is -0.588. The molecule has 3 amide bonds. The fourth-order valence-corrected chi connectivity index (χ4v) is 3.20. The molecule has 0 radical (unpaired) electrons. The van der Waals surface area contributed by atoms with Crippen molar-refractivity contribution < 1.29 is 28.2 Å². The monoisotopic (exact) mass is 423 g/mol. The van der Waals surface area contributed by atoms with Crippen LogP contribution in [-0.4, -0.2) is 61.7 Å². The van der Waals surface area contributed by atoms with Gasteiger partial charge in [-0.05, 0) is 51.8 Å². The summed E-state index contributed by atoms with van der Waals surface area (Å²) in [4.78, 5) is 38.5. The van der Waals surface area contributed by atoms with Gasteiger partial charge in [-0.1, -0.05) is 0 Å². The second-order valence-corrected chi connectivity index (χ2v) is 8.15. The highest BCUT2D eigenvalue weighted by molar-refractivity contribution is 5.97. The lowest BCUT2D eigenvalue weighted by molar-refractivity contribution is -0.126. The number of benzene rings is 1. The number of carbonyl (C=O) groups is 3. The maximum absolute atomic E-state index is 13.6. The molecular formula is C21H30FN3O5. The van der Waals surface area contributed by atoms with E-state index in [4.69, 9.17) is 9.47 Å². The number of hydrogen-bond acceptors (Lipinski definition) is 5. The maximum atomic E-state index is 13.6. The van der Waals surface area contributed by atoms with Gasteiger partial charge in [0.05, 0.1) is 18.6 Å². The number of halogens is 1. The van der Waals surface area contributed by atoms with Gasteiger partial charge in [0.1, 0.15) is 17.2 Å². The number of methoxy groups -OCH3 is 1. The fraction of sp³-hybridized carbons (Fsp3) is 0.571. The van der Waals surface area contributed by atoms with Gasteiger partial charge in [0, 0.05) is 26.2 Å². The molecule has 0 aromatic heterocycles. The Kier molecular flexibility index (Phi) is 8.02. The summed E-state index contributed by atoms with van der Waals surface area (Å²) >= 11 is 0. The predicted octanol–water partition coefficient (Wildman–Crippen LogP) is 2.33. The fourth-order valence-electron chi connectivity index (χ4n) is 3.20. The summed E-state index contributed by atoms with van der Waals surface area (Å²) in [7, 11) is 1.42. The number of likely N-dealkylation sites (tertiary alicyclic amines) is 1. The molecule has 166 valence electrons. The Morgan fingerprint density at radius 1 is 1.20 bits per heavy atom. The zero-order valence-electron chi connectivity index (χ0n) is 17.9. The molecule has 2 N–H and O–H groups in total. The first-order valence-corrected chi connectivity index (χ1v) is 9.98. The van der Waals surface area contributed by atoms with E-state index in [0.29, 0.717) is 25.1 Å². The molecule has 1 aliphatic rings. The third-order valence-corrected chi connectivity index (χ3v) is 4.56. The molecule has 1 unspecified atom stereocenters. The number of carbonyl (C=O) groups excluding carboxylic acids is 3. The first kappa shape index (κ1) is 23.4. The number of rotatable bonds is 6. The van der Waals surface area contributed by atoms with Crippen molar-refractivity contribution in [2.75, 3.05) is 33.3 Å². The molecule has 2 rings (SSSR count). The summed E-state index contributed by atoms with van der Waals surface area (Å²) < 4.78 is 23.9. The van der Waals surface area contributed by atoms with E-state index in [-0.39, 0.29) is 42.9 Å². The number of ether oxygens (including phenoxy) is 2. The van der Waals surface area contributed by atoms with E-state index in [1.807, 2.05) is 0 Å². The number of piperidine rings is 1. The Hall–Kier alpha value is -2.84. The van der Waals surface area contributed by atoms with Gasteiger partial charge in [-0.3, -0.25) is 9.59 Å². The summed E-state index contributed by atoms with van der Waals surface area (Å²) in [5.41, 5.74) is -0.449. The SMILES string of the molecule is COc1ccc(F)cc1C(=O)N1CCCC(C(=O)NCCNC(=O)OC(C)(C)C)C1. The summed E-state index contributed by atoms with van der Waals surface area (Å²) in [6.07, 6.45) is 0.766. The lowest BCUT2D eigenvalue weighted by atomic mass is 9.96. The highest BCUT2D eigenvalue weighted by Crippen LogP contribution is 2.24. The van der Waals surface area contributed by atoms with Crippen molar-refractivity contribution in [3.63, 3.8) is 0 Å². The van der Waals surface area contributed by atoms with Crippen molar-refractivity contribution in [1.82, 2.24) is 15.5 Å². The van der Waals surface area contributed by atoms with Crippen LogP contribution in [0.2, 0.25) is 0 Å². The van der Waals surface area contributed by atoms with Crippen molar-refractivity contribution in [2.45, 2.75) is 39.2 Å². The summed E-state index contributed by atoms with van der Waals surface area (Å²) in [6.45, 7) is 6.51. The zero-order chi connectivity index (χ0) is 22.3. The minimum Gasteiger partial charge on any atom is -0.496 e. The molecule has 0 saturated carbocycles. The first-order valence-electron chi connectivity index (χ1n) is 9.98. The average Bonchev–Trinajstić information content (AvgIpc) is 2.69. The molecular weight excluding hydrogens is 393 g/mol. The number of amides is 3. The molecule has 1 aromatic rings. The van der Waals surface area contributed by atoms with Gasteiger partial charge in [0.25, 0.3) is 5.91 Å². The standard InChI is InChI=1S/C21H30FN3O5/c1-21(2,3)30-20(28)24-10-9-23-18(26)14-6-5-11-25(13-14)19(27)16-12-15(22)7-8-17(16)29-4/h7-8,12,14H,5-6,9-11,13H2,1-4H3,(H,23,26)(H,24,28). The Bertz CT molecular complexity index is 778. The van der Waals surface area contributed by atoms with E-state index in [1.54, 1.807) is 25.7 Å². The van der Waals surface area contributed by atoms with Gasteiger partial charge in [0.15, 0.2) is 0 Å². The number of nitrogens with one attached hydrogen (secondary N) is 2. The average molecular weight is 423 g/mol. The number of hydrogen-bond donors (Lipinski definition) is 2. The van der Waals surface area contributed by atoms with Crippen LogP contribution in [0, 0.1) is 11.7 Å². The summed E-state index contributed by atoms with van der Waals surface area (Å²) in [6, 6.07) is 3.79. The van der Waals surface area contributed by atoms with Crippen LogP contribution in [-0.2, 0) is 9.53 Å². The third kappa shape index (κ3) is 6.89. The van der Waals surface area contributed by atoms with Crippen molar-refractivity contribution in [3.05, 3.63) is 29.6 Å². The van der Waals surface area contributed by atoms with E-state index in [2.05, 4.69) is 10.6 Å². The van der Waals surface area contributed by atoms with Crippen molar-refractivity contribution >= 4 is 17.9 Å². The largest absolute Gasteiger partial charge is 0.496 e. The lowest BCUT2D eigenvalue weighted by Gasteiger charge is -2.32. The third-order valence-electron chi connectivity index (χ3n) is 4.56. The van der Waals surface area contributed by atoms with Crippen LogP contribution in [0.15, 0.2) is 18.2 Å². The normalized spacial score (nSPS) is 16.6. The van der Waals surface area contributed by atoms with E-state index in [9.17, 15) is 18.8 Å². The van der Waals surface area contributed by atoms with Crippen LogP contribution in [0.1, 0.15) is 44.0 Å². The van der Waals surface area contributed by atoms with E-state index < -0.39 is 17.5 Å². The summed E-state index contributed by atoms with van der Waals surface area (Å²) in [5.74, 6) is -1.16. The van der Waals surface area contributed by atoms with Crippen LogP contribution in [0.3, 0.4) is 0 Å². The molecule has 1 aliphatic heterocycles. The smallest absolute Gasteiger partial charge is 0.407 e. The second-order valence-electron chi connectivity index (χ2n) is 8.15. The predicted molar refractivity (Wildman–Crippen MR) is 109 cm³/mol. The molecule has 0 bridgehead atoms.